The molecule has 0 aliphatic rings. The lowest BCUT2D eigenvalue weighted by Gasteiger charge is -2.18. The minimum absolute atomic E-state index is 0.483. The average Bonchev–Trinajstić information content (AvgIpc) is 2.30. The molecule has 0 amide bonds. The van der Waals surface area contributed by atoms with Gasteiger partial charge in [0.15, 0.2) is 0 Å². The molecule has 0 unspecified atom stereocenters. The van der Waals surface area contributed by atoms with Gasteiger partial charge in [0.25, 0.3) is 0 Å². The molecule has 1 rings (SSSR count). The summed E-state index contributed by atoms with van der Waals surface area (Å²) in [6, 6.07) is 4.05. The minimum Gasteiger partial charge on any atom is -0.325 e. The predicted molar refractivity (Wildman–Crippen MR) is 66.5 cm³/mol. The number of hydrogen-bond acceptors (Lipinski definition) is 3. The highest BCUT2D eigenvalue weighted by Gasteiger charge is 2.04. The SMILES string of the molecule is C#CCN(CCC)Cc1ccnc(CN)c1. The molecule has 0 aliphatic carbocycles. The molecule has 0 saturated carbocycles. The number of terminal acetylenes is 1. The van der Waals surface area contributed by atoms with Crippen LogP contribution in [0.25, 0.3) is 0 Å². The van der Waals surface area contributed by atoms with Gasteiger partial charge in [0, 0.05) is 19.3 Å². The third kappa shape index (κ3) is 4.01. The lowest BCUT2D eigenvalue weighted by molar-refractivity contribution is 0.299. The topological polar surface area (TPSA) is 42.2 Å². The number of rotatable bonds is 6. The third-order valence-electron chi connectivity index (χ3n) is 2.35. The van der Waals surface area contributed by atoms with Gasteiger partial charge in [-0.05, 0) is 30.7 Å². The van der Waals surface area contributed by atoms with E-state index in [2.05, 4.69) is 22.7 Å². The predicted octanol–water partition coefficient (Wildman–Crippen LogP) is 1.39. The summed E-state index contributed by atoms with van der Waals surface area (Å²) in [5.74, 6) is 2.69. The van der Waals surface area contributed by atoms with E-state index in [0.717, 1.165) is 25.2 Å². The van der Waals surface area contributed by atoms with Crippen molar-refractivity contribution in [3.05, 3.63) is 29.6 Å². The van der Waals surface area contributed by atoms with Crippen molar-refractivity contribution in [2.75, 3.05) is 13.1 Å². The molecule has 0 aromatic carbocycles. The molecule has 16 heavy (non-hydrogen) atoms. The van der Waals surface area contributed by atoms with Crippen LogP contribution in [-0.4, -0.2) is 23.0 Å². The zero-order valence-corrected chi connectivity index (χ0v) is 9.82. The fourth-order valence-electron chi connectivity index (χ4n) is 1.66. The molecule has 0 aliphatic heterocycles. The zero-order chi connectivity index (χ0) is 11.8. The van der Waals surface area contributed by atoms with Crippen molar-refractivity contribution in [2.24, 2.45) is 5.73 Å². The van der Waals surface area contributed by atoms with Crippen LogP contribution in [0.15, 0.2) is 18.3 Å². The molecule has 0 atom stereocenters. The first kappa shape index (κ1) is 12.7. The fraction of sp³-hybridized carbons (Fsp3) is 0.462. The van der Waals surface area contributed by atoms with Crippen LogP contribution in [-0.2, 0) is 13.1 Å². The van der Waals surface area contributed by atoms with Gasteiger partial charge in [0.05, 0.1) is 12.2 Å². The van der Waals surface area contributed by atoms with E-state index >= 15 is 0 Å². The van der Waals surface area contributed by atoms with E-state index in [1.807, 2.05) is 12.1 Å². The quantitative estimate of drug-likeness (QED) is 0.732. The minimum atomic E-state index is 0.483. The molecule has 0 saturated heterocycles. The molecule has 86 valence electrons. The molecule has 1 aromatic rings. The van der Waals surface area contributed by atoms with Gasteiger partial charge < -0.3 is 5.73 Å². The van der Waals surface area contributed by atoms with Gasteiger partial charge in [-0.1, -0.05) is 12.8 Å². The molecule has 0 spiro atoms. The third-order valence-corrected chi connectivity index (χ3v) is 2.35. The van der Waals surface area contributed by atoms with E-state index in [-0.39, 0.29) is 0 Å². The molecular weight excluding hydrogens is 198 g/mol. The van der Waals surface area contributed by atoms with E-state index in [0.29, 0.717) is 13.1 Å². The molecule has 3 heteroatoms. The Labute approximate surface area is 97.7 Å². The number of nitrogens with zero attached hydrogens (tertiary/aromatic N) is 2. The van der Waals surface area contributed by atoms with Crippen LogP contribution in [0.2, 0.25) is 0 Å². The highest BCUT2D eigenvalue weighted by molar-refractivity contribution is 5.16. The van der Waals surface area contributed by atoms with Gasteiger partial charge in [0.1, 0.15) is 0 Å². The van der Waals surface area contributed by atoms with Gasteiger partial charge >= 0.3 is 0 Å². The maximum absolute atomic E-state index is 5.56. The van der Waals surface area contributed by atoms with Gasteiger partial charge in [-0.15, -0.1) is 6.42 Å². The summed E-state index contributed by atoms with van der Waals surface area (Å²) >= 11 is 0. The largest absolute Gasteiger partial charge is 0.325 e. The Kier molecular flexibility index (Phi) is 5.55. The van der Waals surface area contributed by atoms with Crippen LogP contribution >= 0.6 is 0 Å². The molecular formula is C13H19N3. The first-order chi connectivity index (χ1) is 7.80. The van der Waals surface area contributed by atoms with Gasteiger partial charge in [-0.3, -0.25) is 9.88 Å². The second kappa shape index (κ2) is 7.00. The number of pyridine rings is 1. The van der Waals surface area contributed by atoms with Crippen molar-refractivity contribution >= 4 is 0 Å². The van der Waals surface area contributed by atoms with E-state index in [9.17, 15) is 0 Å². The van der Waals surface area contributed by atoms with E-state index < -0.39 is 0 Å². The summed E-state index contributed by atoms with van der Waals surface area (Å²) in [7, 11) is 0. The van der Waals surface area contributed by atoms with Crippen molar-refractivity contribution in [3.8, 4) is 12.3 Å². The van der Waals surface area contributed by atoms with Crippen molar-refractivity contribution < 1.29 is 0 Å². The molecule has 1 heterocycles. The van der Waals surface area contributed by atoms with Crippen molar-refractivity contribution in [2.45, 2.75) is 26.4 Å². The second-order valence-electron chi connectivity index (χ2n) is 3.77. The van der Waals surface area contributed by atoms with E-state index in [1.165, 1.54) is 5.56 Å². The Morgan fingerprint density at radius 3 is 3.00 bits per heavy atom. The maximum atomic E-state index is 5.56. The van der Waals surface area contributed by atoms with Crippen LogP contribution in [0.5, 0.6) is 0 Å². The lowest BCUT2D eigenvalue weighted by Crippen LogP contribution is -2.24. The summed E-state index contributed by atoms with van der Waals surface area (Å²) in [5.41, 5.74) is 7.71. The zero-order valence-electron chi connectivity index (χ0n) is 9.82. The summed E-state index contributed by atoms with van der Waals surface area (Å²) < 4.78 is 0. The molecule has 2 N–H and O–H groups in total. The molecule has 1 aromatic heterocycles. The lowest BCUT2D eigenvalue weighted by atomic mass is 10.2. The normalized spacial score (nSPS) is 10.4. The summed E-state index contributed by atoms with van der Waals surface area (Å²) in [6.45, 7) is 5.21. The summed E-state index contributed by atoms with van der Waals surface area (Å²) in [4.78, 5) is 6.42. The van der Waals surface area contributed by atoms with Crippen LogP contribution in [0.3, 0.4) is 0 Å². The van der Waals surface area contributed by atoms with Crippen LogP contribution in [0.4, 0.5) is 0 Å². The van der Waals surface area contributed by atoms with Gasteiger partial charge in [0.2, 0.25) is 0 Å². The summed E-state index contributed by atoms with van der Waals surface area (Å²) in [6.07, 6.45) is 8.26. The Balaban J connectivity index is 2.65. The number of aromatic nitrogens is 1. The van der Waals surface area contributed by atoms with E-state index in [4.69, 9.17) is 12.2 Å². The monoisotopic (exact) mass is 217 g/mol. The van der Waals surface area contributed by atoms with E-state index in [1.54, 1.807) is 6.20 Å². The highest BCUT2D eigenvalue weighted by atomic mass is 15.1. The summed E-state index contributed by atoms with van der Waals surface area (Å²) in [5, 5.41) is 0. The average molecular weight is 217 g/mol. The van der Waals surface area contributed by atoms with Gasteiger partial charge in [-0.25, -0.2) is 0 Å². The van der Waals surface area contributed by atoms with Crippen LogP contribution in [0, 0.1) is 12.3 Å². The van der Waals surface area contributed by atoms with Gasteiger partial charge in [-0.2, -0.15) is 0 Å². The number of nitrogens with two attached hydrogens (primary N) is 1. The Hall–Kier alpha value is -1.37. The fourth-order valence-corrected chi connectivity index (χ4v) is 1.66. The van der Waals surface area contributed by atoms with Crippen molar-refractivity contribution in [1.29, 1.82) is 0 Å². The smallest absolute Gasteiger partial charge is 0.0601 e. The standard InChI is InChI=1S/C13H19N3/c1-3-7-16(8-4-2)11-12-5-6-15-13(9-12)10-14/h1,5-6,9H,4,7-8,10-11,14H2,2H3. The molecule has 3 nitrogen and oxygen atoms in total. The van der Waals surface area contributed by atoms with Crippen molar-refractivity contribution in [3.63, 3.8) is 0 Å². The molecule has 0 fully saturated rings. The second-order valence-corrected chi connectivity index (χ2v) is 3.77. The Morgan fingerprint density at radius 2 is 2.38 bits per heavy atom. The highest BCUT2D eigenvalue weighted by Crippen LogP contribution is 2.06. The Bertz CT molecular complexity index is 354. The van der Waals surface area contributed by atoms with Crippen LogP contribution < -0.4 is 5.73 Å². The first-order valence-corrected chi connectivity index (χ1v) is 5.59. The van der Waals surface area contributed by atoms with Crippen LogP contribution in [0.1, 0.15) is 24.6 Å². The molecule has 0 radical (unpaired) electrons. The first-order valence-electron chi connectivity index (χ1n) is 5.59. The molecule has 0 bridgehead atoms. The number of hydrogen-bond donors (Lipinski definition) is 1. The Morgan fingerprint density at radius 1 is 1.56 bits per heavy atom. The maximum Gasteiger partial charge on any atom is 0.0601 e. The van der Waals surface area contributed by atoms with Crippen molar-refractivity contribution in [1.82, 2.24) is 9.88 Å².